The first-order valence-corrected chi connectivity index (χ1v) is 7.71. The van der Waals surface area contributed by atoms with Crippen molar-refractivity contribution in [2.75, 3.05) is 20.8 Å². The topological polar surface area (TPSA) is 71.0 Å². The monoisotopic (exact) mass is 313 g/mol. The van der Waals surface area contributed by atoms with E-state index in [1.165, 1.54) is 11.6 Å². The smallest absolute Gasteiger partial charge is 0.169 e. The number of methoxy groups -OCH3 is 2. The number of ether oxygens (including phenoxy) is 2. The fourth-order valence-corrected chi connectivity index (χ4v) is 3.86. The Balaban J connectivity index is 2.13. The van der Waals surface area contributed by atoms with Crippen LogP contribution in [0.4, 0.5) is 0 Å². The first-order chi connectivity index (χ1) is 11.2. The van der Waals surface area contributed by atoms with Gasteiger partial charge in [-0.2, -0.15) is 0 Å². The van der Waals surface area contributed by atoms with Crippen LogP contribution in [-0.4, -0.2) is 31.0 Å². The number of fused-ring (bicyclic) bond motifs is 2. The minimum atomic E-state index is -0.121. The van der Waals surface area contributed by atoms with Gasteiger partial charge in [0.05, 0.1) is 14.2 Å². The van der Waals surface area contributed by atoms with Gasteiger partial charge in [0.1, 0.15) is 0 Å². The quantitative estimate of drug-likeness (QED) is 0.743. The van der Waals surface area contributed by atoms with E-state index in [2.05, 4.69) is 5.32 Å². The van der Waals surface area contributed by atoms with Crippen molar-refractivity contribution in [1.82, 2.24) is 5.32 Å². The lowest BCUT2D eigenvalue weighted by Crippen LogP contribution is -2.34. The number of phenolic OH excluding ortho intramolecular Hbond substituents is 2. The van der Waals surface area contributed by atoms with E-state index in [1.54, 1.807) is 14.2 Å². The van der Waals surface area contributed by atoms with E-state index >= 15 is 0 Å². The van der Waals surface area contributed by atoms with Gasteiger partial charge in [-0.15, -0.1) is 0 Å². The lowest BCUT2D eigenvalue weighted by Gasteiger charge is -2.36. The van der Waals surface area contributed by atoms with Crippen LogP contribution in [0.1, 0.15) is 22.7 Å². The number of aromatic hydroxyl groups is 2. The van der Waals surface area contributed by atoms with Gasteiger partial charge in [0.2, 0.25) is 0 Å². The summed E-state index contributed by atoms with van der Waals surface area (Å²) >= 11 is 0. The molecule has 3 N–H and O–H groups in total. The molecular weight excluding hydrogens is 294 g/mol. The maximum absolute atomic E-state index is 10.5. The van der Waals surface area contributed by atoms with E-state index in [0.29, 0.717) is 17.1 Å². The molecule has 0 fully saturated rings. The molecule has 1 aliphatic carbocycles. The molecular formula is C18H19NO4. The van der Waals surface area contributed by atoms with E-state index in [1.807, 2.05) is 12.1 Å². The van der Waals surface area contributed by atoms with Crippen molar-refractivity contribution in [1.29, 1.82) is 0 Å². The molecule has 0 spiro atoms. The highest BCUT2D eigenvalue weighted by molar-refractivity contribution is 5.88. The van der Waals surface area contributed by atoms with Crippen molar-refractivity contribution < 1.29 is 19.7 Å². The first kappa shape index (κ1) is 14.2. The number of rotatable bonds is 2. The van der Waals surface area contributed by atoms with Crippen LogP contribution in [0, 0.1) is 0 Å². The Kier molecular flexibility index (Phi) is 3.13. The molecule has 4 rings (SSSR count). The zero-order valence-electron chi connectivity index (χ0n) is 13.1. The van der Waals surface area contributed by atoms with Crippen LogP contribution in [-0.2, 0) is 12.8 Å². The zero-order valence-corrected chi connectivity index (χ0v) is 13.1. The van der Waals surface area contributed by atoms with Gasteiger partial charge >= 0.3 is 0 Å². The molecule has 0 amide bonds. The van der Waals surface area contributed by atoms with Crippen molar-refractivity contribution in [3.8, 4) is 34.1 Å². The van der Waals surface area contributed by atoms with Crippen molar-refractivity contribution >= 4 is 0 Å². The molecule has 1 heterocycles. The third-order valence-electron chi connectivity index (χ3n) is 4.85. The highest BCUT2D eigenvalue weighted by Crippen LogP contribution is 2.54. The second kappa shape index (κ2) is 5.06. The molecule has 0 saturated carbocycles. The number of benzene rings is 2. The number of hydrogen-bond donors (Lipinski definition) is 3. The molecule has 2 aromatic rings. The highest BCUT2D eigenvalue weighted by Gasteiger charge is 2.35. The van der Waals surface area contributed by atoms with E-state index in [4.69, 9.17) is 9.47 Å². The largest absolute Gasteiger partial charge is 0.504 e. The lowest BCUT2D eigenvalue weighted by molar-refractivity contribution is 0.352. The summed E-state index contributed by atoms with van der Waals surface area (Å²) in [7, 11) is 3.21. The molecule has 0 bridgehead atoms. The second-order valence-corrected chi connectivity index (χ2v) is 5.99. The Bertz CT molecular complexity index is 800. The first-order valence-electron chi connectivity index (χ1n) is 7.71. The summed E-state index contributed by atoms with van der Waals surface area (Å²) in [5.41, 5.74) is 4.81. The molecule has 2 aliphatic rings. The molecule has 23 heavy (non-hydrogen) atoms. The molecule has 5 heteroatoms. The Labute approximate surface area is 134 Å². The van der Waals surface area contributed by atoms with Crippen molar-refractivity contribution in [2.24, 2.45) is 0 Å². The number of hydrogen-bond acceptors (Lipinski definition) is 5. The van der Waals surface area contributed by atoms with Crippen LogP contribution < -0.4 is 14.8 Å². The van der Waals surface area contributed by atoms with Gasteiger partial charge in [0.25, 0.3) is 0 Å². The van der Waals surface area contributed by atoms with Gasteiger partial charge in [-0.25, -0.2) is 0 Å². The normalized spacial score (nSPS) is 18.1. The number of nitrogens with one attached hydrogen (secondary N) is 1. The van der Waals surface area contributed by atoms with Gasteiger partial charge in [0.15, 0.2) is 23.0 Å². The van der Waals surface area contributed by atoms with Gasteiger partial charge in [-0.1, -0.05) is 6.07 Å². The van der Waals surface area contributed by atoms with Gasteiger partial charge in [0, 0.05) is 17.2 Å². The average Bonchev–Trinajstić information content (AvgIpc) is 2.57. The predicted octanol–water partition coefficient (Wildman–Crippen LogP) is 2.52. The molecule has 1 aliphatic heterocycles. The third kappa shape index (κ3) is 1.90. The van der Waals surface area contributed by atoms with Crippen LogP contribution in [0.2, 0.25) is 0 Å². The molecule has 5 nitrogen and oxygen atoms in total. The van der Waals surface area contributed by atoms with E-state index in [0.717, 1.165) is 36.1 Å². The van der Waals surface area contributed by atoms with Crippen LogP contribution in [0.3, 0.4) is 0 Å². The molecule has 0 unspecified atom stereocenters. The highest BCUT2D eigenvalue weighted by atomic mass is 16.5. The van der Waals surface area contributed by atoms with Crippen molar-refractivity contribution in [2.45, 2.75) is 18.9 Å². The Hall–Kier alpha value is -2.40. The second-order valence-electron chi connectivity index (χ2n) is 5.99. The van der Waals surface area contributed by atoms with Crippen LogP contribution in [0.5, 0.6) is 23.0 Å². The zero-order chi connectivity index (χ0) is 16.1. The summed E-state index contributed by atoms with van der Waals surface area (Å²) < 4.78 is 11.1. The molecule has 0 radical (unpaired) electrons. The Morgan fingerprint density at radius 3 is 2.65 bits per heavy atom. The van der Waals surface area contributed by atoms with Gasteiger partial charge in [-0.05, 0) is 48.2 Å². The molecule has 120 valence electrons. The fourth-order valence-electron chi connectivity index (χ4n) is 3.86. The predicted molar refractivity (Wildman–Crippen MR) is 86.5 cm³/mol. The Morgan fingerprint density at radius 1 is 1.09 bits per heavy atom. The van der Waals surface area contributed by atoms with Crippen LogP contribution in [0.15, 0.2) is 18.2 Å². The van der Waals surface area contributed by atoms with Crippen LogP contribution >= 0.6 is 0 Å². The van der Waals surface area contributed by atoms with Gasteiger partial charge in [-0.3, -0.25) is 0 Å². The number of phenols is 2. The summed E-state index contributed by atoms with van der Waals surface area (Å²) in [5.74, 6) is 1.03. The minimum absolute atomic E-state index is 0.0970. The summed E-state index contributed by atoms with van der Waals surface area (Å²) in [6.07, 6.45) is 1.67. The molecule has 0 aromatic heterocycles. The van der Waals surface area contributed by atoms with E-state index < -0.39 is 0 Å². The summed E-state index contributed by atoms with van der Waals surface area (Å²) in [6.45, 7) is 0.909. The minimum Gasteiger partial charge on any atom is -0.504 e. The molecule has 2 aromatic carbocycles. The summed E-state index contributed by atoms with van der Waals surface area (Å²) in [6, 6.07) is 5.61. The van der Waals surface area contributed by atoms with Crippen molar-refractivity contribution in [3.05, 3.63) is 34.9 Å². The maximum atomic E-state index is 10.5. The molecule has 0 saturated heterocycles. The van der Waals surface area contributed by atoms with Crippen molar-refractivity contribution in [3.63, 3.8) is 0 Å². The standard InChI is InChI=1S/C18H19NO4/c1-22-13-8-10-5-6-19-11-7-9-3-4-12(20)17(21)15(9)16(14(10)11)18(13)23-2/h3-4,8,11,19-21H,5-7H2,1-2H3/t11-/m1/s1. The summed E-state index contributed by atoms with van der Waals surface area (Å²) in [4.78, 5) is 0. The SMILES string of the molecule is COc1cc2c3c(c1OC)-c1c(ccc(O)c1O)C[C@H]3NCC2. The fraction of sp³-hybridized carbons (Fsp3) is 0.333. The average molecular weight is 313 g/mol. The van der Waals surface area contributed by atoms with E-state index in [-0.39, 0.29) is 17.5 Å². The lowest BCUT2D eigenvalue weighted by atomic mass is 9.77. The Morgan fingerprint density at radius 2 is 1.91 bits per heavy atom. The third-order valence-corrected chi connectivity index (χ3v) is 4.85. The summed E-state index contributed by atoms with van der Waals surface area (Å²) in [5, 5.41) is 24.0. The molecule has 1 atom stereocenters. The van der Waals surface area contributed by atoms with Gasteiger partial charge < -0.3 is 25.0 Å². The van der Waals surface area contributed by atoms with Crippen LogP contribution in [0.25, 0.3) is 11.1 Å². The van der Waals surface area contributed by atoms with E-state index in [9.17, 15) is 10.2 Å². The maximum Gasteiger partial charge on any atom is 0.169 e.